The molecule has 2 fully saturated rings. The largest absolute Gasteiger partial charge is 0.351 e. The second-order valence-corrected chi connectivity index (χ2v) is 10.4. The number of amides is 3. The summed E-state index contributed by atoms with van der Waals surface area (Å²) in [5, 5.41) is 2.87. The number of rotatable bonds is 7. The summed E-state index contributed by atoms with van der Waals surface area (Å²) in [5.74, 6) is -0.700. The van der Waals surface area contributed by atoms with Crippen LogP contribution in [0, 0.1) is 6.92 Å². The second-order valence-electron chi connectivity index (χ2n) is 8.48. The van der Waals surface area contributed by atoms with Crippen molar-refractivity contribution < 1.29 is 22.8 Å². The molecule has 0 aromatic heterocycles. The van der Waals surface area contributed by atoms with E-state index in [2.05, 4.69) is 10.2 Å². The lowest BCUT2D eigenvalue weighted by molar-refractivity contribution is -0.121. The number of piperazine rings is 1. The summed E-state index contributed by atoms with van der Waals surface area (Å²) in [6.07, 6.45) is 0.431. The molecule has 10 heteroatoms. The molecule has 2 saturated heterocycles. The molecule has 0 radical (unpaired) electrons. The first-order valence-corrected chi connectivity index (χ1v) is 12.7. The zero-order chi connectivity index (χ0) is 24.3. The van der Waals surface area contributed by atoms with Crippen molar-refractivity contribution in [2.45, 2.75) is 24.7 Å². The van der Waals surface area contributed by atoms with Crippen molar-refractivity contribution in [3.05, 3.63) is 59.7 Å². The summed E-state index contributed by atoms with van der Waals surface area (Å²) in [5.41, 5.74) is 1.93. The van der Waals surface area contributed by atoms with Crippen LogP contribution in [0.1, 0.15) is 28.8 Å². The molecular weight excluding hydrogens is 456 g/mol. The number of aryl methyl sites for hydroxylation is 1. The highest BCUT2D eigenvalue weighted by Gasteiger charge is 2.30. The Morgan fingerprint density at radius 2 is 1.47 bits per heavy atom. The van der Waals surface area contributed by atoms with Gasteiger partial charge in [-0.15, -0.1) is 0 Å². The molecule has 2 aromatic carbocycles. The van der Waals surface area contributed by atoms with Crippen LogP contribution in [0.4, 0.5) is 5.69 Å². The third kappa shape index (κ3) is 5.19. The molecule has 2 aromatic rings. The molecule has 1 N–H and O–H groups in total. The normalized spacial score (nSPS) is 17.9. The quantitative estimate of drug-likeness (QED) is 0.595. The first kappa shape index (κ1) is 24.1. The van der Waals surface area contributed by atoms with Gasteiger partial charge in [-0.1, -0.05) is 17.7 Å². The molecule has 4 rings (SSSR count). The summed E-state index contributed by atoms with van der Waals surface area (Å²) < 4.78 is 27.1. The summed E-state index contributed by atoms with van der Waals surface area (Å²) in [6.45, 7) is 4.94. The number of nitrogens with zero attached hydrogens (tertiary/aromatic N) is 3. The third-order valence-electron chi connectivity index (χ3n) is 6.14. The van der Waals surface area contributed by atoms with Crippen LogP contribution < -0.4 is 10.2 Å². The molecule has 34 heavy (non-hydrogen) atoms. The topological polar surface area (TPSA) is 107 Å². The van der Waals surface area contributed by atoms with E-state index in [-0.39, 0.29) is 30.6 Å². The average Bonchev–Trinajstić information content (AvgIpc) is 3.17. The first-order chi connectivity index (χ1) is 16.3. The Balaban J connectivity index is 1.23. The van der Waals surface area contributed by atoms with E-state index >= 15 is 0 Å². The van der Waals surface area contributed by atoms with Gasteiger partial charge in [0, 0.05) is 57.7 Å². The number of carbonyl (C=O) groups is 3. The SMILES string of the molecule is Cc1ccc(S(=O)(=O)N2CCN(CCNC(=O)c3ccc(N4C(=O)CCC4=O)cc3)CC2)cc1. The van der Waals surface area contributed by atoms with Crippen LogP contribution >= 0.6 is 0 Å². The number of hydrogen-bond acceptors (Lipinski definition) is 6. The molecule has 180 valence electrons. The number of nitrogens with one attached hydrogen (secondary N) is 1. The van der Waals surface area contributed by atoms with Gasteiger partial charge in [0.2, 0.25) is 21.8 Å². The number of imide groups is 1. The Morgan fingerprint density at radius 3 is 2.06 bits per heavy atom. The standard InChI is InChI=1S/C24H28N4O5S/c1-18-2-8-21(9-3-18)34(32,33)27-16-14-26(15-17-27)13-12-25-24(31)19-4-6-20(7-5-19)28-22(29)10-11-23(28)30/h2-9H,10-17H2,1H3,(H,25,31). The molecule has 3 amide bonds. The minimum Gasteiger partial charge on any atom is -0.351 e. The van der Waals surface area contributed by atoms with Gasteiger partial charge >= 0.3 is 0 Å². The van der Waals surface area contributed by atoms with E-state index in [9.17, 15) is 22.8 Å². The molecule has 9 nitrogen and oxygen atoms in total. The lowest BCUT2D eigenvalue weighted by atomic mass is 10.2. The highest BCUT2D eigenvalue weighted by molar-refractivity contribution is 7.89. The van der Waals surface area contributed by atoms with Crippen LogP contribution in [0.3, 0.4) is 0 Å². The number of benzene rings is 2. The van der Waals surface area contributed by atoms with Gasteiger partial charge in [-0.25, -0.2) is 8.42 Å². The number of anilines is 1. The molecule has 0 spiro atoms. The Hall–Kier alpha value is -3.08. The van der Waals surface area contributed by atoms with Crippen molar-refractivity contribution in [3.63, 3.8) is 0 Å². The lowest BCUT2D eigenvalue weighted by Crippen LogP contribution is -2.50. The van der Waals surface area contributed by atoms with E-state index in [0.29, 0.717) is 55.4 Å². The smallest absolute Gasteiger partial charge is 0.251 e. The highest BCUT2D eigenvalue weighted by Crippen LogP contribution is 2.23. The molecule has 0 saturated carbocycles. The number of sulfonamides is 1. The Morgan fingerprint density at radius 1 is 0.882 bits per heavy atom. The van der Waals surface area contributed by atoms with Crippen LogP contribution in [0.2, 0.25) is 0 Å². The van der Waals surface area contributed by atoms with E-state index in [1.807, 2.05) is 6.92 Å². The van der Waals surface area contributed by atoms with Crippen molar-refractivity contribution in [2.24, 2.45) is 0 Å². The van der Waals surface area contributed by atoms with E-state index < -0.39 is 10.0 Å². The van der Waals surface area contributed by atoms with Gasteiger partial charge in [-0.3, -0.25) is 24.2 Å². The minimum atomic E-state index is -3.50. The molecule has 0 aliphatic carbocycles. The predicted molar refractivity (Wildman–Crippen MR) is 127 cm³/mol. The first-order valence-electron chi connectivity index (χ1n) is 11.3. The van der Waals surface area contributed by atoms with E-state index in [4.69, 9.17) is 0 Å². The van der Waals surface area contributed by atoms with Crippen LogP contribution in [-0.2, 0) is 19.6 Å². The van der Waals surface area contributed by atoms with Crippen LogP contribution in [0.25, 0.3) is 0 Å². The van der Waals surface area contributed by atoms with Gasteiger partial charge in [-0.05, 0) is 43.3 Å². The van der Waals surface area contributed by atoms with E-state index in [0.717, 1.165) is 10.5 Å². The highest BCUT2D eigenvalue weighted by atomic mass is 32.2. The molecule has 0 atom stereocenters. The van der Waals surface area contributed by atoms with Gasteiger partial charge < -0.3 is 5.32 Å². The van der Waals surface area contributed by atoms with Gasteiger partial charge in [0.25, 0.3) is 5.91 Å². The maximum Gasteiger partial charge on any atom is 0.251 e. The monoisotopic (exact) mass is 484 g/mol. The summed E-state index contributed by atoms with van der Waals surface area (Å²) in [7, 11) is -3.50. The van der Waals surface area contributed by atoms with Crippen molar-refractivity contribution >= 4 is 33.4 Å². The molecule has 2 heterocycles. The minimum absolute atomic E-state index is 0.215. The average molecular weight is 485 g/mol. The van der Waals surface area contributed by atoms with E-state index in [1.54, 1.807) is 48.5 Å². The zero-order valence-corrected chi connectivity index (χ0v) is 19.9. The van der Waals surface area contributed by atoms with Crippen LogP contribution in [0.5, 0.6) is 0 Å². The summed E-state index contributed by atoms with van der Waals surface area (Å²) >= 11 is 0. The van der Waals surface area contributed by atoms with Crippen LogP contribution in [0.15, 0.2) is 53.4 Å². The van der Waals surface area contributed by atoms with Crippen LogP contribution in [-0.4, -0.2) is 74.6 Å². The van der Waals surface area contributed by atoms with Crippen molar-refractivity contribution in [1.82, 2.24) is 14.5 Å². The zero-order valence-electron chi connectivity index (χ0n) is 19.1. The number of carbonyl (C=O) groups excluding carboxylic acids is 3. The van der Waals surface area contributed by atoms with Gasteiger partial charge in [0.05, 0.1) is 10.6 Å². The fraction of sp³-hybridized carbons (Fsp3) is 0.375. The predicted octanol–water partition coefficient (Wildman–Crippen LogP) is 1.38. The lowest BCUT2D eigenvalue weighted by Gasteiger charge is -2.34. The second kappa shape index (κ2) is 10.0. The van der Waals surface area contributed by atoms with Gasteiger partial charge in [-0.2, -0.15) is 4.31 Å². The van der Waals surface area contributed by atoms with Crippen molar-refractivity contribution in [1.29, 1.82) is 0 Å². The van der Waals surface area contributed by atoms with E-state index in [1.165, 1.54) is 4.31 Å². The van der Waals surface area contributed by atoms with Crippen molar-refractivity contribution in [3.8, 4) is 0 Å². The van der Waals surface area contributed by atoms with Gasteiger partial charge in [0.1, 0.15) is 0 Å². The van der Waals surface area contributed by atoms with Crippen molar-refractivity contribution in [2.75, 3.05) is 44.2 Å². The van der Waals surface area contributed by atoms with Gasteiger partial charge in [0.15, 0.2) is 0 Å². The molecule has 0 unspecified atom stereocenters. The fourth-order valence-corrected chi connectivity index (χ4v) is 5.53. The Kier molecular flexibility index (Phi) is 7.11. The Bertz CT molecular complexity index is 1150. The maximum atomic E-state index is 12.8. The summed E-state index contributed by atoms with van der Waals surface area (Å²) in [4.78, 5) is 39.7. The fourth-order valence-electron chi connectivity index (χ4n) is 4.11. The third-order valence-corrected chi connectivity index (χ3v) is 8.06. The molecular formula is C24H28N4O5S. The molecule has 2 aliphatic heterocycles. The molecule has 0 bridgehead atoms. The maximum absolute atomic E-state index is 12.8. The Labute approximate surface area is 199 Å². The summed E-state index contributed by atoms with van der Waals surface area (Å²) in [6, 6.07) is 13.3. The number of hydrogen-bond donors (Lipinski definition) is 1. The molecule has 2 aliphatic rings.